The molecule has 1 aliphatic rings. The van der Waals surface area contributed by atoms with Gasteiger partial charge in [-0.25, -0.2) is 0 Å². The number of hydrogen-bond acceptors (Lipinski definition) is 7. The van der Waals surface area contributed by atoms with Crippen LogP contribution in [0.5, 0.6) is 0 Å². The van der Waals surface area contributed by atoms with Crippen LogP contribution in [0.4, 0.5) is 0 Å². The first-order valence-corrected chi connectivity index (χ1v) is 15.2. The number of carboxylic acid groups (broad SMARTS) is 1. The molecule has 236 valence electrons. The van der Waals surface area contributed by atoms with Gasteiger partial charge in [0, 0.05) is 44.0 Å². The molecule has 3 aromatic carbocycles. The summed E-state index contributed by atoms with van der Waals surface area (Å²) >= 11 is 0. The lowest BCUT2D eigenvalue weighted by Gasteiger charge is -2.39. The fraction of sp³-hybridized carbons (Fsp3) is 0.429. The lowest BCUT2D eigenvalue weighted by molar-refractivity contribution is -0.253. The topological polar surface area (TPSA) is 129 Å². The predicted molar refractivity (Wildman–Crippen MR) is 166 cm³/mol. The minimum atomic E-state index is -0.850. The number of nitrogens with one attached hydrogen (secondary N) is 1. The van der Waals surface area contributed by atoms with Gasteiger partial charge in [0.25, 0.3) is 0 Å². The van der Waals surface area contributed by atoms with Gasteiger partial charge in [0.15, 0.2) is 6.29 Å². The van der Waals surface area contributed by atoms with Crippen molar-refractivity contribution in [3.05, 3.63) is 107 Å². The zero-order chi connectivity index (χ0) is 31.5. The Balaban J connectivity index is 1.41. The molecule has 5 atom stereocenters. The van der Waals surface area contributed by atoms with Crippen LogP contribution in [0.25, 0.3) is 0 Å². The summed E-state index contributed by atoms with van der Waals surface area (Å²) in [5.41, 5.74) is 4.49. The molecule has 3 aromatic rings. The standard InChI is InChI=1S/C35H44N2O7/c1-24(34(42)28-8-4-3-5-9-28)37(2)22-30-20-31(27-16-14-26(23-38)15-17-27)44-35(43-30)29-18-12-25(13-19-29)21-36-32(39)10-6-7-11-33(40)41/h3-5,8-9,12-19,24,30-31,34-35,38,42H,6-7,10-11,20-23H2,1-2H3,(H,36,39)(H,40,41)/t24-,30+,31-,34-,35-/m0/s1. The molecule has 4 rings (SSSR count). The van der Waals surface area contributed by atoms with Crippen molar-refractivity contribution in [2.45, 2.75) is 82.8 Å². The Morgan fingerprint density at radius 2 is 1.55 bits per heavy atom. The van der Waals surface area contributed by atoms with Crippen LogP contribution in [-0.4, -0.2) is 57.8 Å². The SMILES string of the molecule is C[C@@H]([C@H](O)c1ccccc1)N(C)C[C@H]1C[C@@H](c2ccc(CO)cc2)O[C@@H](c2ccc(CNC(=O)CCCCC(=O)O)cc2)O1. The van der Waals surface area contributed by atoms with Crippen molar-refractivity contribution >= 4 is 11.9 Å². The summed E-state index contributed by atoms with van der Waals surface area (Å²) in [7, 11) is 1.99. The van der Waals surface area contributed by atoms with Crippen molar-refractivity contribution < 1.29 is 34.4 Å². The Bertz CT molecular complexity index is 1320. The van der Waals surface area contributed by atoms with Gasteiger partial charge in [-0.2, -0.15) is 0 Å². The molecule has 44 heavy (non-hydrogen) atoms. The lowest BCUT2D eigenvalue weighted by atomic mass is 9.98. The van der Waals surface area contributed by atoms with Crippen molar-refractivity contribution in [3.63, 3.8) is 0 Å². The van der Waals surface area contributed by atoms with E-state index in [-0.39, 0.29) is 37.2 Å². The molecule has 0 radical (unpaired) electrons. The quantitative estimate of drug-likeness (QED) is 0.178. The highest BCUT2D eigenvalue weighted by atomic mass is 16.7. The summed E-state index contributed by atoms with van der Waals surface area (Å²) in [6, 6.07) is 25.0. The third-order valence-electron chi connectivity index (χ3n) is 8.19. The number of carboxylic acids is 1. The Labute approximate surface area is 259 Å². The molecule has 4 N–H and O–H groups in total. The second-order valence-corrected chi connectivity index (χ2v) is 11.5. The average molecular weight is 605 g/mol. The number of likely N-dealkylation sites (N-methyl/N-ethyl adjacent to an activating group) is 1. The maximum atomic E-state index is 12.1. The third kappa shape index (κ3) is 9.70. The van der Waals surface area contributed by atoms with Crippen LogP contribution in [0, 0.1) is 0 Å². The van der Waals surface area contributed by atoms with Crippen molar-refractivity contribution in [1.29, 1.82) is 0 Å². The van der Waals surface area contributed by atoms with Crippen molar-refractivity contribution in [2.75, 3.05) is 13.6 Å². The molecule has 0 aromatic heterocycles. The molecule has 0 aliphatic carbocycles. The van der Waals surface area contributed by atoms with E-state index in [1.54, 1.807) is 0 Å². The van der Waals surface area contributed by atoms with E-state index in [0.29, 0.717) is 38.8 Å². The minimum Gasteiger partial charge on any atom is -0.481 e. The first-order valence-electron chi connectivity index (χ1n) is 15.2. The van der Waals surface area contributed by atoms with Gasteiger partial charge in [-0.05, 0) is 49.1 Å². The number of unbranched alkanes of at least 4 members (excludes halogenated alkanes) is 1. The Hall–Kier alpha value is -3.60. The normalized spacial score (nSPS) is 19.8. The van der Waals surface area contributed by atoms with Crippen molar-refractivity contribution in [1.82, 2.24) is 10.2 Å². The Kier molecular flexibility index (Phi) is 12.5. The van der Waals surface area contributed by atoms with Gasteiger partial charge < -0.3 is 30.1 Å². The first kappa shape index (κ1) is 33.3. The van der Waals surface area contributed by atoms with Gasteiger partial charge in [0.1, 0.15) is 0 Å². The van der Waals surface area contributed by atoms with Gasteiger partial charge in [0.2, 0.25) is 5.91 Å². The van der Waals surface area contributed by atoms with Gasteiger partial charge in [-0.3, -0.25) is 14.5 Å². The number of rotatable bonds is 15. The number of nitrogens with zero attached hydrogens (tertiary/aromatic N) is 1. The Morgan fingerprint density at radius 3 is 2.20 bits per heavy atom. The van der Waals surface area contributed by atoms with Crippen LogP contribution >= 0.6 is 0 Å². The second kappa shape index (κ2) is 16.5. The number of carbonyl (C=O) groups is 2. The molecule has 0 spiro atoms. The van der Waals surface area contributed by atoms with Crippen molar-refractivity contribution in [3.8, 4) is 0 Å². The number of aliphatic hydroxyl groups excluding tert-OH is 2. The summed E-state index contributed by atoms with van der Waals surface area (Å²) in [5, 5.41) is 32.1. The molecule has 1 saturated heterocycles. The van der Waals surface area contributed by atoms with Crippen LogP contribution < -0.4 is 5.32 Å². The molecule has 1 aliphatic heterocycles. The van der Waals surface area contributed by atoms with E-state index >= 15 is 0 Å². The summed E-state index contributed by atoms with van der Waals surface area (Å²) < 4.78 is 13.0. The number of ether oxygens (including phenoxy) is 2. The zero-order valence-corrected chi connectivity index (χ0v) is 25.5. The molecule has 9 nitrogen and oxygen atoms in total. The van der Waals surface area contributed by atoms with E-state index in [1.165, 1.54) is 0 Å². The summed E-state index contributed by atoms with van der Waals surface area (Å²) in [6.45, 7) is 2.95. The lowest BCUT2D eigenvalue weighted by Crippen LogP contribution is -2.43. The van der Waals surface area contributed by atoms with Crippen LogP contribution in [0.2, 0.25) is 0 Å². The Morgan fingerprint density at radius 1 is 0.909 bits per heavy atom. The number of hydrogen-bond donors (Lipinski definition) is 4. The minimum absolute atomic E-state index is 0.0237. The average Bonchev–Trinajstić information content (AvgIpc) is 3.05. The molecule has 9 heteroatoms. The van der Waals surface area contributed by atoms with Gasteiger partial charge >= 0.3 is 5.97 Å². The maximum Gasteiger partial charge on any atom is 0.303 e. The van der Waals surface area contributed by atoms with Gasteiger partial charge in [-0.1, -0.05) is 78.9 Å². The van der Waals surface area contributed by atoms with Crippen LogP contribution in [0.1, 0.15) is 85.3 Å². The van der Waals surface area contributed by atoms with E-state index in [1.807, 2.05) is 92.8 Å². The van der Waals surface area contributed by atoms with Crippen LogP contribution in [-0.2, 0) is 32.2 Å². The number of benzene rings is 3. The third-order valence-corrected chi connectivity index (χ3v) is 8.19. The largest absolute Gasteiger partial charge is 0.481 e. The number of aliphatic carboxylic acids is 1. The van der Waals surface area contributed by atoms with E-state index < -0.39 is 18.4 Å². The van der Waals surface area contributed by atoms with Crippen LogP contribution in [0.3, 0.4) is 0 Å². The molecule has 1 fully saturated rings. The molecule has 1 heterocycles. The van der Waals surface area contributed by atoms with Gasteiger partial charge in [-0.15, -0.1) is 0 Å². The maximum absolute atomic E-state index is 12.1. The molecule has 0 saturated carbocycles. The predicted octanol–water partition coefficient (Wildman–Crippen LogP) is 5.04. The summed E-state index contributed by atoms with van der Waals surface area (Å²) in [6.07, 6.45) is 0.360. The first-order chi connectivity index (χ1) is 21.2. The van der Waals surface area contributed by atoms with E-state index in [0.717, 1.165) is 27.8 Å². The molecule has 1 amide bonds. The molecule has 0 bridgehead atoms. The highest BCUT2D eigenvalue weighted by molar-refractivity contribution is 5.75. The smallest absolute Gasteiger partial charge is 0.303 e. The fourth-order valence-corrected chi connectivity index (χ4v) is 5.33. The van der Waals surface area contributed by atoms with E-state index in [2.05, 4.69) is 10.2 Å². The summed E-state index contributed by atoms with van der Waals surface area (Å²) in [5.74, 6) is -0.954. The zero-order valence-electron chi connectivity index (χ0n) is 25.5. The summed E-state index contributed by atoms with van der Waals surface area (Å²) in [4.78, 5) is 24.9. The van der Waals surface area contributed by atoms with Crippen LogP contribution in [0.15, 0.2) is 78.9 Å². The number of amides is 1. The number of aliphatic hydroxyl groups is 2. The second-order valence-electron chi connectivity index (χ2n) is 11.5. The molecule has 0 unspecified atom stereocenters. The van der Waals surface area contributed by atoms with E-state index in [9.17, 15) is 19.8 Å². The highest BCUT2D eigenvalue weighted by Gasteiger charge is 2.34. The molecular formula is C35H44N2O7. The van der Waals surface area contributed by atoms with Gasteiger partial charge in [0.05, 0.1) is 24.9 Å². The van der Waals surface area contributed by atoms with Crippen molar-refractivity contribution in [2.24, 2.45) is 0 Å². The van der Waals surface area contributed by atoms with E-state index in [4.69, 9.17) is 14.6 Å². The number of carbonyl (C=O) groups excluding carboxylic acids is 1. The fourth-order valence-electron chi connectivity index (χ4n) is 5.33. The monoisotopic (exact) mass is 604 g/mol. The highest BCUT2D eigenvalue weighted by Crippen LogP contribution is 2.38. The molecular weight excluding hydrogens is 560 g/mol.